The minimum Gasteiger partial charge on any atom is -0.506 e. The third-order valence-corrected chi connectivity index (χ3v) is 6.76. The van der Waals surface area contributed by atoms with Gasteiger partial charge < -0.3 is 19.3 Å². The summed E-state index contributed by atoms with van der Waals surface area (Å²) in [5, 5.41) is 11.5. The summed E-state index contributed by atoms with van der Waals surface area (Å²) in [6.07, 6.45) is 1.82. The van der Waals surface area contributed by atoms with Gasteiger partial charge in [-0.2, -0.15) is 0 Å². The highest BCUT2D eigenvalue weighted by atomic mass is 79.9. The molecule has 0 spiro atoms. The molecule has 1 aliphatic heterocycles. The van der Waals surface area contributed by atoms with Crippen LogP contribution in [0, 0.1) is 0 Å². The van der Waals surface area contributed by atoms with Crippen LogP contribution in [0.5, 0.6) is 11.5 Å². The normalized spacial score (nSPS) is 15.6. The second-order valence-electron chi connectivity index (χ2n) is 7.13. The molecule has 0 saturated heterocycles. The minimum absolute atomic E-state index is 0.102. The van der Waals surface area contributed by atoms with Crippen LogP contribution in [0.3, 0.4) is 0 Å². The van der Waals surface area contributed by atoms with Gasteiger partial charge in [-0.1, -0.05) is 48.5 Å². The van der Waals surface area contributed by atoms with E-state index in [1.807, 2.05) is 18.2 Å². The molecule has 0 bridgehead atoms. The third kappa shape index (κ3) is 6.48. The number of carbonyl (C=O) groups is 2. The molecule has 0 saturated carbocycles. The van der Waals surface area contributed by atoms with Gasteiger partial charge in [0.05, 0.1) is 23.1 Å². The number of esters is 1. The van der Waals surface area contributed by atoms with Gasteiger partial charge in [-0.15, -0.1) is 0 Å². The number of hydrogen-bond donors (Lipinski definition) is 1. The lowest BCUT2D eigenvalue weighted by atomic mass is 10.1. The molecule has 0 fully saturated rings. The summed E-state index contributed by atoms with van der Waals surface area (Å²) < 4.78 is 17.1. The van der Waals surface area contributed by atoms with Crippen molar-refractivity contribution < 1.29 is 28.9 Å². The van der Waals surface area contributed by atoms with Crippen LogP contribution in [-0.2, 0) is 20.9 Å². The number of aliphatic hydroxyl groups excluding tert-OH is 1. The van der Waals surface area contributed by atoms with Crippen molar-refractivity contribution in [3.63, 3.8) is 0 Å². The zero-order valence-corrected chi connectivity index (χ0v) is 22.4. The highest BCUT2D eigenvalue weighted by Gasteiger charge is 2.33. The lowest BCUT2D eigenvalue weighted by Crippen LogP contribution is -2.14. The molecule has 0 atom stereocenters. The number of carbonyl (C=O) groups excluding carboxylic acids is 2. The minimum atomic E-state index is -0.745. The van der Waals surface area contributed by atoms with Gasteiger partial charge in [0.2, 0.25) is 5.91 Å². The number of methoxy groups -OCH3 is 1. The summed E-state index contributed by atoms with van der Waals surface area (Å²) in [5.41, 5.74) is 1.35. The fourth-order valence-corrected chi connectivity index (χ4v) is 4.86. The van der Waals surface area contributed by atoms with Crippen molar-refractivity contribution in [1.82, 2.24) is 0 Å². The fraction of sp³-hybridized carbons (Fsp3) is 0.240. The fourth-order valence-electron chi connectivity index (χ4n) is 3.06. The van der Waals surface area contributed by atoms with E-state index in [9.17, 15) is 14.7 Å². The predicted molar refractivity (Wildman–Crippen MR) is 141 cm³/mol. The van der Waals surface area contributed by atoms with Crippen molar-refractivity contribution in [3.8, 4) is 11.5 Å². The maximum atomic E-state index is 12.4. The topological polar surface area (TPSA) is 94.4 Å². The van der Waals surface area contributed by atoms with E-state index in [4.69, 9.17) is 25.8 Å². The van der Waals surface area contributed by atoms with E-state index in [1.54, 1.807) is 38.1 Å². The zero-order chi connectivity index (χ0) is 25.5. The molecule has 2 aromatic rings. The molecule has 0 radical (unpaired) electrons. The Labute approximate surface area is 220 Å². The quantitative estimate of drug-likeness (QED) is 0.357. The first-order valence-corrected chi connectivity index (χ1v) is 12.6. The van der Waals surface area contributed by atoms with Crippen LogP contribution in [0.1, 0.15) is 31.4 Å². The Hall–Kier alpha value is -2.75. The van der Waals surface area contributed by atoms with Gasteiger partial charge >= 0.3 is 5.97 Å². The Bertz CT molecular complexity index is 1240. The summed E-state index contributed by atoms with van der Waals surface area (Å²) in [4.78, 5) is 28.6. The number of aliphatic imine (C=N–C) groups is 1. The number of halogens is 2. The second kappa shape index (κ2) is 12.3. The van der Waals surface area contributed by atoms with Crippen molar-refractivity contribution in [2.24, 2.45) is 4.99 Å². The molecule has 1 amide bonds. The average molecular weight is 581 g/mol. The van der Waals surface area contributed by atoms with Crippen LogP contribution < -0.4 is 9.47 Å². The number of hydrogen-bond acceptors (Lipinski definition) is 7. The molecule has 1 aliphatic rings. The molecule has 0 unspecified atom stereocenters. The van der Waals surface area contributed by atoms with Crippen molar-refractivity contribution in [2.75, 3.05) is 13.7 Å². The van der Waals surface area contributed by atoms with Gasteiger partial charge in [-0.05, 0) is 52.7 Å². The Morgan fingerprint density at radius 2 is 1.97 bits per heavy atom. The number of aliphatic hydroxyl groups is 1. The van der Waals surface area contributed by atoms with E-state index in [-0.39, 0.29) is 36.0 Å². The van der Waals surface area contributed by atoms with Crippen LogP contribution in [0.15, 0.2) is 62.1 Å². The smallest absolute Gasteiger partial charge is 0.344 e. The number of thioether (sulfide) groups is 1. The second-order valence-corrected chi connectivity index (χ2v) is 9.43. The van der Waals surface area contributed by atoms with Gasteiger partial charge in [0.1, 0.15) is 23.0 Å². The highest BCUT2D eigenvalue weighted by molar-refractivity contribution is 9.10. The maximum absolute atomic E-state index is 12.4. The molecule has 3 rings (SSSR count). The summed E-state index contributed by atoms with van der Waals surface area (Å²) in [6.45, 7) is 3.67. The highest BCUT2D eigenvalue weighted by Crippen LogP contribution is 2.42. The van der Waals surface area contributed by atoms with Crippen LogP contribution in [0.25, 0.3) is 6.08 Å². The number of benzene rings is 2. The van der Waals surface area contributed by atoms with Gasteiger partial charge in [0, 0.05) is 17.0 Å². The Morgan fingerprint density at radius 1 is 1.23 bits per heavy atom. The number of ether oxygens (including phenoxy) is 3. The van der Waals surface area contributed by atoms with E-state index < -0.39 is 11.9 Å². The molecular weight excluding hydrogens is 558 g/mol. The first kappa shape index (κ1) is 26.8. The van der Waals surface area contributed by atoms with E-state index in [1.165, 1.54) is 7.11 Å². The van der Waals surface area contributed by atoms with Crippen molar-refractivity contribution in [1.29, 1.82) is 0 Å². The molecule has 2 aromatic carbocycles. The van der Waals surface area contributed by atoms with Gasteiger partial charge in [-0.3, -0.25) is 4.79 Å². The molecular formula is C25H23BrClNO6S. The molecule has 0 aliphatic carbocycles. The lowest BCUT2D eigenvalue weighted by Gasteiger charge is -2.14. The van der Waals surface area contributed by atoms with E-state index in [2.05, 4.69) is 20.9 Å². The molecule has 0 aromatic heterocycles. The monoisotopic (exact) mass is 579 g/mol. The Balaban J connectivity index is 1.95. The maximum Gasteiger partial charge on any atom is 0.344 e. The van der Waals surface area contributed by atoms with Crippen molar-refractivity contribution in [3.05, 3.63) is 73.3 Å². The Kier molecular flexibility index (Phi) is 9.42. The molecule has 1 N–H and O–H groups in total. The van der Waals surface area contributed by atoms with Crippen LogP contribution >= 0.6 is 39.3 Å². The number of amides is 1. The SMILES string of the molecule is CCOC(=O)C1=C(O)/C(=C/c2cc(Br)c(OCc3ccccc3Cl)c(OC)c2)SC1=NC(=O)CC. The molecule has 10 heteroatoms. The summed E-state index contributed by atoms with van der Waals surface area (Å²) in [5.74, 6) is -0.523. The first-order valence-electron chi connectivity index (χ1n) is 10.6. The summed E-state index contributed by atoms with van der Waals surface area (Å²) in [7, 11) is 1.52. The van der Waals surface area contributed by atoms with Crippen LogP contribution in [0.4, 0.5) is 0 Å². The molecule has 1 heterocycles. The third-order valence-electron chi connectivity index (χ3n) is 4.78. The van der Waals surface area contributed by atoms with Crippen molar-refractivity contribution in [2.45, 2.75) is 26.9 Å². The van der Waals surface area contributed by atoms with Gasteiger partial charge in [0.25, 0.3) is 0 Å². The molecule has 7 nitrogen and oxygen atoms in total. The largest absolute Gasteiger partial charge is 0.506 e. The first-order chi connectivity index (χ1) is 16.8. The van der Waals surface area contributed by atoms with Crippen molar-refractivity contribution >= 4 is 62.3 Å². The van der Waals surface area contributed by atoms with E-state index in [0.717, 1.165) is 17.3 Å². The Morgan fingerprint density at radius 3 is 2.63 bits per heavy atom. The van der Waals surface area contributed by atoms with Crippen LogP contribution in [-0.4, -0.2) is 35.7 Å². The standard InChI is InChI=1S/C25H23BrClNO6S/c1-4-20(29)28-24-21(25(31)33-5-2)22(30)19(35-24)12-14-10-16(26)23(18(11-14)32-3)34-13-15-8-6-7-9-17(15)27/h6-12,30H,4-5,13H2,1-3H3/b19-12-,28-24?. The number of nitrogens with zero attached hydrogens (tertiary/aromatic N) is 1. The zero-order valence-electron chi connectivity index (χ0n) is 19.3. The molecule has 35 heavy (non-hydrogen) atoms. The summed E-state index contributed by atoms with van der Waals surface area (Å²) >= 11 is 10.7. The molecule has 184 valence electrons. The predicted octanol–water partition coefficient (Wildman–Crippen LogP) is 6.49. The average Bonchev–Trinajstić information content (AvgIpc) is 3.13. The van der Waals surface area contributed by atoms with Gasteiger partial charge in [-0.25, -0.2) is 9.79 Å². The van der Waals surface area contributed by atoms with E-state index >= 15 is 0 Å². The van der Waals surface area contributed by atoms with Gasteiger partial charge in [0.15, 0.2) is 11.5 Å². The lowest BCUT2D eigenvalue weighted by molar-refractivity contribution is -0.138. The summed E-state index contributed by atoms with van der Waals surface area (Å²) in [6, 6.07) is 10.9. The van der Waals surface area contributed by atoms with E-state index in [0.29, 0.717) is 31.5 Å². The number of rotatable bonds is 8. The van der Waals surface area contributed by atoms with Crippen LogP contribution in [0.2, 0.25) is 5.02 Å².